The first-order valence-electron chi connectivity index (χ1n) is 8.64. The fraction of sp³-hybridized carbons (Fsp3) is 0.556. The third-order valence-corrected chi connectivity index (χ3v) is 4.21. The molecule has 24 heavy (non-hydrogen) atoms. The lowest BCUT2D eigenvalue weighted by molar-refractivity contribution is 0.0578. The average Bonchev–Trinajstić information content (AvgIpc) is 2.65. The van der Waals surface area contributed by atoms with E-state index in [1.807, 2.05) is 44.2 Å². The van der Waals surface area contributed by atoms with Gasteiger partial charge in [0.25, 0.3) is 5.91 Å². The third-order valence-electron chi connectivity index (χ3n) is 4.21. The first kappa shape index (κ1) is 18.3. The van der Waals surface area contributed by atoms with Gasteiger partial charge in [-0.15, -0.1) is 0 Å². The van der Waals surface area contributed by atoms with Gasteiger partial charge in [-0.25, -0.2) is 4.79 Å². The van der Waals surface area contributed by atoms with Crippen LogP contribution in [0.5, 0.6) is 0 Å². The van der Waals surface area contributed by atoms with Gasteiger partial charge in [0.15, 0.2) is 0 Å². The van der Waals surface area contributed by atoms with E-state index < -0.39 is 0 Å². The second-order valence-corrected chi connectivity index (χ2v) is 5.82. The summed E-state index contributed by atoms with van der Waals surface area (Å²) in [5.74, 6) is 0.0260. The van der Waals surface area contributed by atoms with Gasteiger partial charge in [-0.3, -0.25) is 4.79 Å². The molecule has 1 fully saturated rings. The lowest BCUT2D eigenvalue weighted by Crippen LogP contribution is -2.53. The number of piperazine rings is 1. The number of urea groups is 1. The maximum atomic E-state index is 12.4. The fourth-order valence-corrected chi connectivity index (χ4v) is 2.75. The Hall–Kier alpha value is -2.08. The number of nitrogens with zero attached hydrogens (tertiary/aromatic N) is 2. The molecule has 0 bridgehead atoms. The van der Waals surface area contributed by atoms with E-state index in [-0.39, 0.29) is 18.0 Å². The van der Waals surface area contributed by atoms with E-state index in [1.165, 1.54) is 0 Å². The van der Waals surface area contributed by atoms with Crippen molar-refractivity contribution in [2.24, 2.45) is 0 Å². The maximum Gasteiger partial charge on any atom is 0.317 e. The average molecular weight is 333 g/mol. The molecular weight excluding hydrogens is 306 g/mol. The molecule has 6 heteroatoms. The van der Waals surface area contributed by atoms with Crippen molar-refractivity contribution in [3.8, 4) is 0 Å². The van der Waals surface area contributed by atoms with Gasteiger partial charge in [0, 0.05) is 44.9 Å². The normalized spacial score (nSPS) is 15.9. The Kier molecular flexibility index (Phi) is 7.06. The van der Waals surface area contributed by atoms with Gasteiger partial charge in [0.2, 0.25) is 0 Å². The van der Waals surface area contributed by atoms with Crippen molar-refractivity contribution in [2.75, 3.05) is 39.3 Å². The molecule has 1 aliphatic rings. The Morgan fingerprint density at radius 3 is 2.29 bits per heavy atom. The zero-order valence-corrected chi connectivity index (χ0v) is 14.5. The zero-order chi connectivity index (χ0) is 17.4. The molecule has 0 radical (unpaired) electrons. The topological polar surface area (TPSA) is 61.9 Å². The molecular formula is C18H27N3O3. The summed E-state index contributed by atoms with van der Waals surface area (Å²) < 4.78 is 5.54. The number of nitrogens with one attached hydrogen (secondary N) is 1. The molecule has 0 aromatic heterocycles. The van der Waals surface area contributed by atoms with Crippen molar-refractivity contribution in [3.05, 3.63) is 35.9 Å². The van der Waals surface area contributed by atoms with Crippen LogP contribution in [0.15, 0.2) is 30.3 Å². The number of rotatable bonds is 6. The van der Waals surface area contributed by atoms with E-state index >= 15 is 0 Å². The van der Waals surface area contributed by atoms with E-state index in [0.29, 0.717) is 44.9 Å². The minimum absolute atomic E-state index is 0.0260. The molecule has 3 amide bonds. The minimum atomic E-state index is -0.0834. The predicted octanol–water partition coefficient (Wildman–Crippen LogP) is 1.97. The Morgan fingerprint density at radius 2 is 1.71 bits per heavy atom. The van der Waals surface area contributed by atoms with E-state index in [0.717, 1.165) is 6.42 Å². The quantitative estimate of drug-likeness (QED) is 0.866. The summed E-state index contributed by atoms with van der Waals surface area (Å²) in [6, 6.07) is 9.17. The van der Waals surface area contributed by atoms with E-state index in [9.17, 15) is 9.59 Å². The monoisotopic (exact) mass is 333 g/mol. The molecule has 0 saturated carbocycles. The van der Waals surface area contributed by atoms with Crippen LogP contribution >= 0.6 is 0 Å². The van der Waals surface area contributed by atoms with Gasteiger partial charge < -0.3 is 19.9 Å². The molecule has 1 unspecified atom stereocenters. The first-order valence-corrected chi connectivity index (χ1v) is 8.64. The van der Waals surface area contributed by atoms with Gasteiger partial charge in [-0.05, 0) is 25.5 Å². The van der Waals surface area contributed by atoms with Crippen LogP contribution < -0.4 is 5.32 Å². The molecule has 0 spiro atoms. The molecule has 2 rings (SSSR count). The first-order chi connectivity index (χ1) is 11.7. The number of hydrogen-bond donors (Lipinski definition) is 1. The Bertz CT molecular complexity index is 528. The van der Waals surface area contributed by atoms with Crippen LogP contribution in [0.25, 0.3) is 0 Å². The highest BCUT2D eigenvalue weighted by atomic mass is 16.5. The highest BCUT2D eigenvalue weighted by Crippen LogP contribution is 2.09. The number of ether oxygens (including phenoxy) is 1. The van der Waals surface area contributed by atoms with Gasteiger partial charge in [-0.1, -0.05) is 25.1 Å². The highest BCUT2D eigenvalue weighted by Gasteiger charge is 2.24. The van der Waals surface area contributed by atoms with Crippen LogP contribution in [0.4, 0.5) is 4.79 Å². The van der Waals surface area contributed by atoms with Crippen molar-refractivity contribution in [2.45, 2.75) is 26.4 Å². The van der Waals surface area contributed by atoms with E-state index in [1.54, 1.807) is 9.80 Å². The third kappa shape index (κ3) is 4.96. The lowest BCUT2D eigenvalue weighted by atomic mass is 10.2. The van der Waals surface area contributed by atoms with E-state index in [4.69, 9.17) is 4.74 Å². The standard InChI is InChI=1S/C18H27N3O3/c1-3-16(24-4-2)14-19-18(23)21-12-10-20(11-13-21)17(22)15-8-6-5-7-9-15/h5-9,16H,3-4,10-14H2,1-2H3,(H,19,23). The molecule has 6 nitrogen and oxygen atoms in total. The Labute approximate surface area is 143 Å². The summed E-state index contributed by atoms with van der Waals surface area (Å²) in [6.07, 6.45) is 0.924. The summed E-state index contributed by atoms with van der Waals surface area (Å²) in [4.78, 5) is 28.2. The number of hydrogen-bond acceptors (Lipinski definition) is 3. The molecule has 1 aromatic rings. The zero-order valence-electron chi connectivity index (χ0n) is 14.5. The molecule has 1 aliphatic heterocycles. The molecule has 1 N–H and O–H groups in total. The summed E-state index contributed by atoms with van der Waals surface area (Å²) in [7, 11) is 0. The van der Waals surface area contributed by atoms with Crippen molar-refractivity contribution < 1.29 is 14.3 Å². The summed E-state index contributed by atoms with van der Waals surface area (Å²) in [6.45, 7) is 7.38. The molecule has 1 aromatic carbocycles. The summed E-state index contributed by atoms with van der Waals surface area (Å²) in [5.41, 5.74) is 0.693. The van der Waals surface area contributed by atoms with Gasteiger partial charge >= 0.3 is 6.03 Å². The summed E-state index contributed by atoms with van der Waals surface area (Å²) in [5, 5.41) is 2.92. The minimum Gasteiger partial charge on any atom is -0.377 e. The Balaban J connectivity index is 1.77. The smallest absolute Gasteiger partial charge is 0.317 e. The van der Waals surface area contributed by atoms with Gasteiger partial charge in [0.1, 0.15) is 0 Å². The lowest BCUT2D eigenvalue weighted by Gasteiger charge is -2.35. The maximum absolute atomic E-state index is 12.4. The van der Waals surface area contributed by atoms with Gasteiger partial charge in [0.05, 0.1) is 6.10 Å². The number of amides is 3. The van der Waals surface area contributed by atoms with Crippen molar-refractivity contribution in [3.63, 3.8) is 0 Å². The predicted molar refractivity (Wildman–Crippen MR) is 93.0 cm³/mol. The van der Waals surface area contributed by atoms with E-state index in [2.05, 4.69) is 5.32 Å². The van der Waals surface area contributed by atoms with Crippen LogP contribution in [0, 0.1) is 0 Å². The summed E-state index contributed by atoms with van der Waals surface area (Å²) >= 11 is 0. The molecule has 132 valence electrons. The number of carbonyl (C=O) groups excluding carboxylic acids is 2. The van der Waals surface area contributed by atoms with Crippen molar-refractivity contribution >= 4 is 11.9 Å². The SMILES string of the molecule is CCOC(CC)CNC(=O)N1CCN(C(=O)c2ccccc2)CC1. The van der Waals surface area contributed by atoms with Crippen molar-refractivity contribution in [1.82, 2.24) is 15.1 Å². The van der Waals surface area contributed by atoms with Crippen molar-refractivity contribution in [1.29, 1.82) is 0 Å². The largest absolute Gasteiger partial charge is 0.377 e. The fourth-order valence-electron chi connectivity index (χ4n) is 2.75. The second-order valence-electron chi connectivity index (χ2n) is 5.82. The number of carbonyl (C=O) groups is 2. The highest BCUT2D eigenvalue weighted by molar-refractivity contribution is 5.94. The van der Waals surface area contributed by atoms with Crippen LogP contribution in [-0.4, -0.2) is 67.2 Å². The van der Waals surface area contributed by atoms with Crippen LogP contribution in [0.1, 0.15) is 30.6 Å². The number of benzene rings is 1. The molecule has 1 saturated heterocycles. The molecule has 0 aliphatic carbocycles. The molecule has 1 heterocycles. The van der Waals surface area contributed by atoms with Gasteiger partial charge in [-0.2, -0.15) is 0 Å². The van der Waals surface area contributed by atoms with Crippen LogP contribution in [0.3, 0.4) is 0 Å². The van der Waals surface area contributed by atoms with Crippen LogP contribution in [0.2, 0.25) is 0 Å². The second kappa shape index (κ2) is 9.27. The Morgan fingerprint density at radius 1 is 1.08 bits per heavy atom. The molecule has 1 atom stereocenters. The van der Waals surface area contributed by atoms with Crippen LogP contribution in [-0.2, 0) is 4.74 Å².